The van der Waals surface area contributed by atoms with Crippen LogP contribution in [0.5, 0.6) is 0 Å². The molecular weight excluding hydrogens is 245 g/mol. The minimum Gasteiger partial charge on any atom is -0.336 e. The number of terminal acetylenes is 1. The monoisotopic (exact) mass is 255 g/mol. The first-order valence-electron chi connectivity index (χ1n) is 4.61. The maximum absolute atomic E-state index is 11.8. The highest BCUT2D eigenvalue weighted by molar-refractivity contribution is 6.36. The standard InChI is InChI=1S/C12H11Cl2NO/c1-4-12(2,3)15-11(16)9-6-5-8(13)7-10(9)14/h1,5-7H,2-3H3,(H,15,16). The van der Waals surface area contributed by atoms with E-state index in [0.29, 0.717) is 15.6 Å². The van der Waals surface area contributed by atoms with E-state index < -0.39 is 5.54 Å². The second kappa shape index (κ2) is 4.78. The molecule has 0 fully saturated rings. The molecule has 0 heterocycles. The van der Waals surface area contributed by atoms with Gasteiger partial charge in [0.15, 0.2) is 0 Å². The first kappa shape index (κ1) is 12.9. The molecule has 0 saturated heterocycles. The van der Waals surface area contributed by atoms with Crippen molar-refractivity contribution in [2.24, 2.45) is 0 Å². The number of halogens is 2. The fourth-order valence-electron chi connectivity index (χ4n) is 1.06. The van der Waals surface area contributed by atoms with E-state index in [2.05, 4.69) is 11.2 Å². The Balaban J connectivity index is 2.95. The number of hydrogen-bond acceptors (Lipinski definition) is 1. The largest absolute Gasteiger partial charge is 0.336 e. The van der Waals surface area contributed by atoms with Gasteiger partial charge >= 0.3 is 0 Å². The molecule has 0 aromatic heterocycles. The van der Waals surface area contributed by atoms with Crippen molar-refractivity contribution < 1.29 is 4.79 Å². The van der Waals surface area contributed by atoms with Gasteiger partial charge in [-0.1, -0.05) is 29.1 Å². The Morgan fingerprint density at radius 2 is 2.06 bits per heavy atom. The predicted octanol–water partition coefficient (Wildman–Crippen LogP) is 3.14. The Bertz CT molecular complexity index is 461. The summed E-state index contributed by atoms with van der Waals surface area (Å²) in [5.41, 5.74) is -0.352. The highest BCUT2D eigenvalue weighted by Crippen LogP contribution is 2.21. The molecule has 1 aromatic carbocycles. The van der Waals surface area contributed by atoms with Crippen LogP contribution in [0.2, 0.25) is 10.0 Å². The number of benzene rings is 1. The van der Waals surface area contributed by atoms with Gasteiger partial charge in [-0.3, -0.25) is 4.79 Å². The second-order valence-electron chi connectivity index (χ2n) is 3.85. The minimum atomic E-state index is -0.708. The van der Waals surface area contributed by atoms with Gasteiger partial charge in [0.1, 0.15) is 0 Å². The van der Waals surface area contributed by atoms with E-state index >= 15 is 0 Å². The summed E-state index contributed by atoms with van der Waals surface area (Å²) in [6, 6.07) is 4.68. The van der Waals surface area contributed by atoms with Crippen LogP contribution in [0, 0.1) is 12.3 Å². The molecule has 84 valence electrons. The SMILES string of the molecule is C#CC(C)(C)NC(=O)c1ccc(Cl)cc1Cl. The molecule has 1 amide bonds. The van der Waals surface area contributed by atoms with E-state index in [1.54, 1.807) is 26.0 Å². The number of amides is 1. The van der Waals surface area contributed by atoms with Crippen LogP contribution in [0.15, 0.2) is 18.2 Å². The van der Waals surface area contributed by atoms with E-state index in [4.69, 9.17) is 29.6 Å². The van der Waals surface area contributed by atoms with Crippen LogP contribution in [-0.2, 0) is 0 Å². The van der Waals surface area contributed by atoms with Gasteiger partial charge in [-0.2, -0.15) is 0 Å². The fourth-order valence-corrected chi connectivity index (χ4v) is 1.56. The number of nitrogens with one attached hydrogen (secondary N) is 1. The van der Waals surface area contributed by atoms with E-state index in [-0.39, 0.29) is 5.91 Å². The molecule has 1 N–H and O–H groups in total. The minimum absolute atomic E-state index is 0.304. The van der Waals surface area contributed by atoms with E-state index in [1.165, 1.54) is 6.07 Å². The zero-order valence-corrected chi connectivity index (χ0v) is 10.5. The molecule has 0 spiro atoms. The van der Waals surface area contributed by atoms with E-state index in [1.807, 2.05) is 0 Å². The van der Waals surface area contributed by atoms with Gasteiger partial charge in [-0.05, 0) is 32.0 Å². The zero-order chi connectivity index (χ0) is 12.3. The maximum atomic E-state index is 11.8. The summed E-state index contributed by atoms with van der Waals surface area (Å²) < 4.78 is 0. The Hall–Kier alpha value is -1.17. The number of carbonyl (C=O) groups is 1. The third-order valence-corrected chi connectivity index (χ3v) is 2.51. The Morgan fingerprint density at radius 3 is 2.56 bits per heavy atom. The second-order valence-corrected chi connectivity index (χ2v) is 4.69. The molecular formula is C12H11Cl2NO. The van der Waals surface area contributed by atoms with Crippen molar-refractivity contribution in [2.75, 3.05) is 0 Å². The molecule has 0 aliphatic carbocycles. The van der Waals surface area contributed by atoms with Crippen molar-refractivity contribution in [3.05, 3.63) is 33.8 Å². The zero-order valence-electron chi connectivity index (χ0n) is 8.97. The van der Waals surface area contributed by atoms with Crippen LogP contribution in [0.4, 0.5) is 0 Å². The van der Waals surface area contributed by atoms with Crippen LogP contribution in [-0.4, -0.2) is 11.4 Å². The lowest BCUT2D eigenvalue weighted by atomic mass is 10.1. The first-order valence-corrected chi connectivity index (χ1v) is 5.36. The maximum Gasteiger partial charge on any atom is 0.253 e. The van der Waals surface area contributed by atoms with Crippen LogP contribution < -0.4 is 5.32 Å². The van der Waals surface area contributed by atoms with E-state index in [9.17, 15) is 4.79 Å². The number of rotatable bonds is 2. The lowest BCUT2D eigenvalue weighted by Gasteiger charge is -2.19. The molecule has 0 bridgehead atoms. The molecule has 1 rings (SSSR count). The summed E-state index contributed by atoms with van der Waals surface area (Å²) in [7, 11) is 0. The highest BCUT2D eigenvalue weighted by atomic mass is 35.5. The summed E-state index contributed by atoms with van der Waals surface area (Å²) in [6.45, 7) is 3.46. The van der Waals surface area contributed by atoms with Crippen molar-refractivity contribution in [1.82, 2.24) is 5.32 Å². The summed E-state index contributed by atoms with van der Waals surface area (Å²) in [5.74, 6) is 2.16. The summed E-state index contributed by atoms with van der Waals surface area (Å²) in [4.78, 5) is 11.8. The topological polar surface area (TPSA) is 29.1 Å². The van der Waals surface area contributed by atoms with Gasteiger partial charge in [0.05, 0.1) is 16.1 Å². The van der Waals surface area contributed by atoms with Crippen molar-refractivity contribution in [1.29, 1.82) is 0 Å². The lowest BCUT2D eigenvalue weighted by molar-refractivity contribution is 0.0930. The van der Waals surface area contributed by atoms with Crippen LogP contribution in [0.1, 0.15) is 24.2 Å². The van der Waals surface area contributed by atoms with Crippen molar-refractivity contribution >= 4 is 29.1 Å². The molecule has 0 radical (unpaired) electrons. The third kappa shape index (κ3) is 3.16. The van der Waals surface area contributed by atoms with Crippen molar-refractivity contribution in [3.63, 3.8) is 0 Å². The average Bonchev–Trinajstić information content (AvgIpc) is 2.16. The quantitative estimate of drug-likeness (QED) is 0.809. The number of hydrogen-bond donors (Lipinski definition) is 1. The molecule has 16 heavy (non-hydrogen) atoms. The first-order chi connectivity index (χ1) is 7.35. The molecule has 4 heteroatoms. The molecule has 1 aromatic rings. The van der Waals surface area contributed by atoms with Gasteiger partial charge in [0.2, 0.25) is 0 Å². The summed E-state index contributed by atoms with van der Waals surface area (Å²) >= 11 is 11.6. The fraction of sp³-hybridized carbons (Fsp3) is 0.250. The van der Waals surface area contributed by atoms with Gasteiger partial charge < -0.3 is 5.32 Å². The lowest BCUT2D eigenvalue weighted by Crippen LogP contribution is -2.42. The van der Waals surface area contributed by atoms with Crippen molar-refractivity contribution in [3.8, 4) is 12.3 Å². The Kier molecular flexibility index (Phi) is 3.85. The Morgan fingerprint density at radius 1 is 1.44 bits per heavy atom. The highest BCUT2D eigenvalue weighted by Gasteiger charge is 2.19. The average molecular weight is 256 g/mol. The van der Waals surface area contributed by atoms with Gasteiger partial charge in [0.25, 0.3) is 5.91 Å². The molecule has 0 unspecified atom stereocenters. The van der Waals surface area contributed by atoms with Gasteiger partial charge in [-0.15, -0.1) is 6.42 Å². The molecule has 0 saturated carbocycles. The number of carbonyl (C=O) groups excluding carboxylic acids is 1. The van der Waals surface area contributed by atoms with Crippen LogP contribution in [0.25, 0.3) is 0 Å². The van der Waals surface area contributed by atoms with E-state index in [0.717, 1.165) is 0 Å². The molecule has 0 atom stereocenters. The smallest absolute Gasteiger partial charge is 0.253 e. The van der Waals surface area contributed by atoms with Gasteiger partial charge in [0, 0.05) is 5.02 Å². The predicted molar refractivity (Wildman–Crippen MR) is 66.8 cm³/mol. The molecule has 2 nitrogen and oxygen atoms in total. The normalized spacial score (nSPS) is 10.7. The van der Waals surface area contributed by atoms with Gasteiger partial charge in [-0.25, -0.2) is 0 Å². The van der Waals surface area contributed by atoms with Crippen molar-refractivity contribution in [2.45, 2.75) is 19.4 Å². The molecule has 0 aliphatic rings. The molecule has 0 aliphatic heterocycles. The van der Waals surface area contributed by atoms with Crippen LogP contribution in [0.3, 0.4) is 0 Å². The van der Waals surface area contributed by atoms with Crippen LogP contribution >= 0.6 is 23.2 Å². The summed E-state index contributed by atoms with van der Waals surface area (Å²) in [5, 5.41) is 3.47. The Labute approximate surface area is 105 Å². The third-order valence-electron chi connectivity index (χ3n) is 1.96. The summed E-state index contributed by atoms with van der Waals surface area (Å²) in [6.07, 6.45) is 5.28.